The fourth-order valence-corrected chi connectivity index (χ4v) is 4.81. The number of nitrogens with zero attached hydrogens (tertiary/aromatic N) is 3. The molecule has 2 aromatic carbocycles. The number of benzene rings is 2. The van der Waals surface area contributed by atoms with Crippen LogP contribution < -0.4 is 0 Å². The molecule has 0 fully saturated rings. The number of aliphatic imine (C=N–C) groups is 2. The van der Waals surface area contributed by atoms with Gasteiger partial charge in [-0.25, -0.2) is 0 Å². The van der Waals surface area contributed by atoms with Gasteiger partial charge in [-0.3, -0.25) is 4.99 Å². The Bertz CT molecular complexity index is 1650. The summed E-state index contributed by atoms with van der Waals surface area (Å²) in [5.74, 6) is -31.1. The van der Waals surface area contributed by atoms with Gasteiger partial charge in [-0.1, -0.05) is 106 Å². The monoisotopic (exact) mass is 915 g/mol. The molecule has 3 nitrogen and oxygen atoms in total. The second kappa shape index (κ2) is 20.0. The Kier molecular flexibility index (Phi) is 18.9. The molecule has 0 amide bonds. The van der Waals surface area contributed by atoms with E-state index in [1.54, 1.807) is 0 Å². The zero-order valence-corrected chi connectivity index (χ0v) is 33.6. The maximum atomic E-state index is 15.5. The van der Waals surface area contributed by atoms with Crippen LogP contribution in [0.4, 0.5) is 72.8 Å². The summed E-state index contributed by atoms with van der Waals surface area (Å²) in [4.78, 5) is 5.60. The van der Waals surface area contributed by atoms with Gasteiger partial charge in [0.05, 0.1) is 5.69 Å². The van der Waals surface area contributed by atoms with Crippen LogP contribution in [0.25, 0.3) is 5.32 Å². The predicted octanol–water partition coefficient (Wildman–Crippen LogP) is 14.8. The van der Waals surface area contributed by atoms with Crippen molar-refractivity contribution in [3.05, 3.63) is 64.0 Å². The molecule has 0 unspecified atom stereocenters. The number of hydrogen-bond donors (Lipinski definition) is 0. The van der Waals surface area contributed by atoms with Crippen molar-refractivity contribution in [1.82, 2.24) is 0 Å². The number of alkyl halides is 14. The van der Waals surface area contributed by atoms with Crippen molar-refractivity contribution in [1.29, 1.82) is 0 Å². The topological polar surface area (TPSA) is 38.8 Å². The quantitative estimate of drug-likeness (QED) is 0.0749. The van der Waals surface area contributed by atoms with Crippen LogP contribution in [0, 0.1) is 11.8 Å². The Morgan fingerprint density at radius 3 is 1.18 bits per heavy atom. The molecule has 0 heterocycles. The third kappa shape index (κ3) is 11.7. The van der Waals surface area contributed by atoms with Gasteiger partial charge in [-0.2, -0.15) is 61.5 Å². The van der Waals surface area contributed by atoms with Crippen molar-refractivity contribution < 1.29 is 83.8 Å². The average molecular weight is 917 g/mol. The number of rotatable bonds is 10. The molecule has 0 saturated carbocycles. The van der Waals surface area contributed by atoms with E-state index in [4.69, 9.17) is 0 Å². The van der Waals surface area contributed by atoms with Crippen LogP contribution >= 0.6 is 0 Å². The third-order valence-electron chi connectivity index (χ3n) is 7.87. The van der Waals surface area contributed by atoms with Gasteiger partial charge in [-0.05, 0) is 57.4 Å². The minimum absolute atomic E-state index is 0. The van der Waals surface area contributed by atoms with Crippen LogP contribution in [-0.4, -0.2) is 47.7 Å². The Morgan fingerprint density at radius 1 is 0.554 bits per heavy atom. The zero-order chi connectivity index (χ0) is 43.1. The molecule has 0 aliphatic carbocycles. The summed E-state index contributed by atoms with van der Waals surface area (Å²) in [6, 6.07) is 7.41. The maximum absolute atomic E-state index is 15.5. The summed E-state index contributed by atoms with van der Waals surface area (Å²) in [7, 11) is 0. The molecule has 0 N–H and O–H groups in total. The average Bonchev–Trinajstić information content (AvgIpc) is 3.05. The van der Waals surface area contributed by atoms with Crippen molar-refractivity contribution in [3.8, 4) is 11.8 Å². The van der Waals surface area contributed by atoms with E-state index in [0.29, 0.717) is 0 Å². The van der Waals surface area contributed by atoms with Gasteiger partial charge in [0.1, 0.15) is 5.84 Å². The molecule has 0 bridgehead atoms. The summed E-state index contributed by atoms with van der Waals surface area (Å²) in [5, 5.41) is 3.19. The molecule has 0 saturated heterocycles. The van der Waals surface area contributed by atoms with Crippen molar-refractivity contribution in [3.63, 3.8) is 0 Å². The minimum Gasteiger partial charge on any atom is -0.434 e. The minimum atomic E-state index is -7.15. The first-order chi connectivity index (χ1) is 24.9. The Labute approximate surface area is 333 Å². The SMILES string of the molecule is CC(C)c1cccc(C(C)C)c1N=C(N=C([N-]c1c(C(C)C)cccc1C(C)C)C(F)(F)C(F)(F)C(F)(F)F)C(F)(F)C(F)(F)C(F)(F)F.CCC#CCC.[Ag+]. The molecule has 2 rings (SSSR count). The van der Waals surface area contributed by atoms with E-state index < -0.39 is 82.8 Å². The van der Waals surface area contributed by atoms with Crippen molar-refractivity contribution in [2.75, 3.05) is 0 Å². The van der Waals surface area contributed by atoms with Gasteiger partial charge in [-0.15, -0.1) is 11.8 Å². The van der Waals surface area contributed by atoms with Crippen LogP contribution in [-0.2, 0) is 22.4 Å². The molecule has 56 heavy (non-hydrogen) atoms. The van der Waals surface area contributed by atoms with Crippen molar-refractivity contribution >= 4 is 23.0 Å². The molecular weight excluding hydrogens is 872 g/mol. The number of para-hydroxylation sites is 2. The normalized spacial score (nSPS) is 13.7. The van der Waals surface area contributed by atoms with Gasteiger partial charge >= 0.3 is 58.4 Å². The first kappa shape index (κ1) is 52.9. The predicted molar refractivity (Wildman–Crippen MR) is 187 cm³/mol. The molecule has 0 aromatic heterocycles. The largest absolute Gasteiger partial charge is 1.00 e. The molecule has 0 spiro atoms. The molecule has 0 aliphatic rings. The number of amidine groups is 2. The van der Waals surface area contributed by atoms with Crippen LogP contribution in [0.3, 0.4) is 0 Å². The van der Waals surface area contributed by atoms with Gasteiger partial charge in [0, 0.05) is 12.8 Å². The second-order valence-corrected chi connectivity index (χ2v) is 13.5. The van der Waals surface area contributed by atoms with E-state index >= 15 is 17.6 Å². The molecule has 0 radical (unpaired) electrons. The fourth-order valence-electron chi connectivity index (χ4n) is 4.81. The fraction of sp³-hybridized carbons (Fsp3) is 0.579. The maximum Gasteiger partial charge on any atom is 1.00 e. The zero-order valence-electron chi connectivity index (χ0n) is 32.1. The molecule has 18 heteroatoms. The summed E-state index contributed by atoms with van der Waals surface area (Å²) in [5.41, 5.74) is -1.96. The van der Waals surface area contributed by atoms with E-state index in [1.165, 1.54) is 91.8 Å². The number of hydrogen-bond acceptors (Lipinski definition) is 1. The van der Waals surface area contributed by atoms with Gasteiger partial charge in [0.25, 0.3) is 0 Å². The smallest absolute Gasteiger partial charge is 0.434 e. The van der Waals surface area contributed by atoms with Gasteiger partial charge in [0.2, 0.25) is 0 Å². The summed E-state index contributed by atoms with van der Waals surface area (Å²) < 4.78 is 201. The van der Waals surface area contributed by atoms with Crippen LogP contribution in [0.2, 0.25) is 0 Å². The first-order valence-corrected chi connectivity index (χ1v) is 17.1. The Morgan fingerprint density at radius 2 is 0.875 bits per heavy atom. The van der Waals surface area contributed by atoms with Crippen LogP contribution in [0.5, 0.6) is 0 Å². The molecular formula is C38H44AgF14N3. The van der Waals surface area contributed by atoms with Gasteiger partial charge in [0.15, 0.2) is 0 Å². The first-order valence-electron chi connectivity index (χ1n) is 17.1. The summed E-state index contributed by atoms with van der Waals surface area (Å²) in [6.45, 7) is 15.4. The van der Waals surface area contributed by atoms with Crippen molar-refractivity contribution in [2.45, 2.75) is 142 Å². The van der Waals surface area contributed by atoms with E-state index in [1.807, 2.05) is 0 Å². The molecule has 0 aliphatic heterocycles. The van der Waals surface area contributed by atoms with E-state index in [0.717, 1.165) is 12.8 Å². The molecule has 2 aromatic rings. The van der Waals surface area contributed by atoms with E-state index in [9.17, 15) is 43.9 Å². The molecule has 0 atom stereocenters. The van der Waals surface area contributed by atoms with E-state index in [-0.39, 0.29) is 44.6 Å². The summed E-state index contributed by atoms with van der Waals surface area (Å²) in [6.07, 6.45) is -12.2. The van der Waals surface area contributed by atoms with Gasteiger partial charge < -0.3 is 10.3 Å². The number of halogens is 14. The van der Waals surface area contributed by atoms with Crippen molar-refractivity contribution in [2.24, 2.45) is 9.98 Å². The standard InChI is InChI=1S/C32H34F14N3.C6H10.Ag/c1-15(2)19-11-9-12-20(16(3)4)23(19)47-25(27(33,34)29(37,38)31(41,42)43)49-26(28(35,36)30(39,40)32(44,45)46)48-24-21(17(5)6)13-10-14-22(24)18(7)8;1-3-5-6-4-2;/h9-18H,1-8H3;3-4H2,1-2H3;/q-1;;+1. The molecule has 320 valence electrons. The van der Waals surface area contributed by atoms with E-state index in [2.05, 4.69) is 41.0 Å². The third-order valence-corrected chi connectivity index (χ3v) is 7.87. The Hall–Kier alpha value is -3.10. The van der Waals surface area contributed by atoms with Crippen LogP contribution in [0.1, 0.15) is 128 Å². The Balaban J connectivity index is 0.00000398. The second-order valence-electron chi connectivity index (χ2n) is 13.5. The summed E-state index contributed by atoms with van der Waals surface area (Å²) >= 11 is 0. The van der Waals surface area contributed by atoms with Crippen LogP contribution in [0.15, 0.2) is 46.4 Å².